The van der Waals surface area contributed by atoms with Crippen molar-refractivity contribution in [2.24, 2.45) is 11.1 Å². The van der Waals surface area contributed by atoms with Crippen LogP contribution < -0.4 is 5.73 Å². The highest BCUT2D eigenvalue weighted by molar-refractivity contribution is 5.37. The van der Waals surface area contributed by atoms with Gasteiger partial charge in [0.15, 0.2) is 0 Å². The molecule has 0 aliphatic heterocycles. The first-order valence-corrected chi connectivity index (χ1v) is 6.87. The molecule has 1 aromatic rings. The Balaban J connectivity index is 2.28. The summed E-state index contributed by atoms with van der Waals surface area (Å²) in [7, 11) is 0. The second kappa shape index (κ2) is 4.45. The van der Waals surface area contributed by atoms with Crippen LogP contribution in [-0.4, -0.2) is 6.54 Å². The lowest BCUT2D eigenvalue weighted by Gasteiger charge is -2.57. The highest BCUT2D eigenvalue weighted by Crippen LogP contribution is 2.59. The molecule has 0 bridgehead atoms. The van der Waals surface area contributed by atoms with Crippen molar-refractivity contribution in [3.63, 3.8) is 0 Å². The van der Waals surface area contributed by atoms with E-state index in [4.69, 9.17) is 5.73 Å². The highest BCUT2D eigenvalue weighted by Gasteiger charge is 2.52. The third-order valence-electron chi connectivity index (χ3n) is 5.03. The van der Waals surface area contributed by atoms with Gasteiger partial charge in [0, 0.05) is 12.0 Å². The van der Waals surface area contributed by atoms with Crippen LogP contribution >= 0.6 is 0 Å². The van der Waals surface area contributed by atoms with Crippen LogP contribution in [-0.2, 0) is 5.41 Å². The molecule has 1 aliphatic rings. The fraction of sp³-hybridized carbons (Fsp3) is 0.625. The van der Waals surface area contributed by atoms with E-state index in [1.54, 1.807) is 0 Å². The van der Waals surface area contributed by atoms with Crippen LogP contribution in [0.2, 0.25) is 0 Å². The molecule has 0 saturated heterocycles. The van der Waals surface area contributed by atoms with Gasteiger partial charge in [-0.3, -0.25) is 0 Å². The predicted molar refractivity (Wildman–Crippen MR) is 74.2 cm³/mol. The van der Waals surface area contributed by atoms with Crippen molar-refractivity contribution < 1.29 is 0 Å². The van der Waals surface area contributed by atoms with Gasteiger partial charge >= 0.3 is 0 Å². The Kier molecular flexibility index (Phi) is 3.31. The Labute approximate surface area is 105 Å². The van der Waals surface area contributed by atoms with Crippen LogP contribution in [0.4, 0.5) is 0 Å². The summed E-state index contributed by atoms with van der Waals surface area (Å²) < 4.78 is 0. The third-order valence-corrected chi connectivity index (χ3v) is 5.03. The van der Waals surface area contributed by atoms with Gasteiger partial charge in [0.1, 0.15) is 0 Å². The smallest absolute Gasteiger partial charge is 0.00887 e. The van der Waals surface area contributed by atoms with E-state index in [0.717, 1.165) is 6.54 Å². The van der Waals surface area contributed by atoms with Gasteiger partial charge < -0.3 is 5.73 Å². The number of hydrogen-bond acceptors (Lipinski definition) is 1. The van der Waals surface area contributed by atoms with Crippen LogP contribution in [0.25, 0.3) is 0 Å². The van der Waals surface area contributed by atoms with E-state index in [1.165, 1.54) is 36.8 Å². The van der Waals surface area contributed by atoms with Crippen LogP contribution in [0.15, 0.2) is 24.3 Å². The quantitative estimate of drug-likeness (QED) is 0.838. The zero-order chi connectivity index (χ0) is 12.5. The van der Waals surface area contributed by atoms with Crippen molar-refractivity contribution in [2.75, 3.05) is 6.54 Å². The Morgan fingerprint density at radius 3 is 2.18 bits per heavy atom. The molecule has 1 aliphatic carbocycles. The molecule has 0 atom stereocenters. The standard InChI is InChI=1S/C16H25N/c1-4-15(5-2)10-16(11-15,12-17)14-9-7-6-8-13(14)3/h6-9H,4-5,10-12,17H2,1-3H3. The molecule has 0 heterocycles. The van der Waals surface area contributed by atoms with Gasteiger partial charge in [-0.1, -0.05) is 51.0 Å². The first-order chi connectivity index (χ1) is 8.11. The summed E-state index contributed by atoms with van der Waals surface area (Å²) in [5.41, 5.74) is 9.81. The van der Waals surface area contributed by atoms with E-state index in [-0.39, 0.29) is 5.41 Å². The molecule has 1 fully saturated rings. The molecular weight excluding hydrogens is 206 g/mol. The van der Waals surface area contributed by atoms with Crippen molar-refractivity contribution in [1.82, 2.24) is 0 Å². The first-order valence-electron chi connectivity index (χ1n) is 6.87. The highest BCUT2D eigenvalue weighted by atomic mass is 14.7. The lowest BCUT2D eigenvalue weighted by Crippen LogP contribution is -2.53. The Morgan fingerprint density at radius 2 is 1.71 bits per heavy atom. The first kappa shape index (κ1) is 12.6. The van der Waals surface area contributed by atoms with Gasteiger partial charge in [-0.25, -0.2) is 0 Å². The van der Waals surface area contributed by atoms with Gasteiger partial charge in [0.05, 0.1) is 0 Å². The minimum absolute atomic E-state index is 0.261. The predicted octanol–water partition coefficient (Wildman–Crippen LogP) is 3.79. The normalized spacial score (nSPS) is 20.9. The molecule has 0 amide bonds. The van der Waals surface area contributed by atoms with Crippen molar-refractivity contribution in [1.29, 1.82) is 0 Å². The van der Waals surface area contributed by atoms with E-state index in [0.29, 0.717) is 5.41 Å². The SMILES string of the molecule is CCC1(CC)CC(CN)(c2ccccc2C)C1. The monoisotopic (exact) mass is 231 g/mol. The Morgan fingerprint density at radius 1 is 1.12 bits per heavy atom. The van der Waals surface area contributed by atoms with E-state index in [2.05, 4.69) is 45.0 Å². The van der Waals surface area contributed by atoms with Crippen LogP contribution in [0.3, 0.4) is 0 Å². The fourth-order valence-electron chi connectivity index (χ4n) is 3.75. The lowest BCUT2D eigenvalue weighted by atomic mass is 9.48. The van der Waals surface area contributed by atoms with Crippen molar-refractivity contribution in [3.8, 4) is 0 Å². The van der Waals surface area contributed by atoms with Crippen LogP contribution in [0, 0.1) is 12.3 Å². The number of aryl methyl sites for hydroxylation is 1. The Bertz CT molecular complexity index is 382. The van der Waals surface area contributed by atoms with Gasteiger partial charge in [-0.2, -0.15) is 0 Å². The van der Waals surface area contributed by atoms with Gasteiger partial charge in [-0.05, 0) is 36.3 Å². The number of rotatable bonds is 4. The zero-order valence-corrected chi connectivity index (χ0v) is 11.4. The van der Waals surface area contributed by atoms with E-state index >= 15 is 0 Å². The second-order valence-corrected chi connectivity index (χ2v) is 5.86. The minimum Gasteiger partial charge on any atom is -0.330 e. The molecule has 2 N–H and O–H groups in total. The van der Waals surface area contributed by atoms with E-state index < -0.39 is 0 Å². The maximum absolute atomic E-state index is 6.10. The zero-order valence-electron chi connectivity index (χ0n) is 11.4. The molecule has 0 radical (unpaired) electrons. The molecule has 0 aromatic heterocycles. The molecule has 0 unspecified atom stereocenters. The minimum atomic E-state index is 0.261. The second-order valence-electron chi connectivity index (χ2n) is 5.86. The third kappa shape index (κ3) is 1.91. The van der Waals surface area contributed by atoms with E-state index in [1.807, 2.05) is 0 Å². The summed E-state index contributed by atoms with van der Waals surface area (Å²) in [5.74, 6) is 0. The Hall–Kier alpha value is -0.820. The number of nitrogens with two attached hydrogens (primary N) is 1. The summed E-state index contributed by atoms with van der Waals surface area (Å²) in [6, 6.07) is 8.76. The molecule has 1 nitrogen and oxygen atoms in total. The van der Waals surface area contributed by atoms with Crippen LogP contribution in [0.1, 0.15) is 50.7 Å². The molecular formula is C16H25N. The summed E-state index contributed by atoms with van der Waals surface area (Å²) in [6.45, 7) is 7.65. The van der Waals surface area contributed by atoms with Gasteiger partial charge in [0.25, 0.3) is 0 Å². The number of hydrogen-bond donors (Lipinski definition) is 1. The van der Waals surface area contributed by atoms with Crippen LogP contribution in [0.5, 0.6) is 0 Å². The van der Waals surface area contributed by atoms with Crippen molar-refractivity contribution >= 4 is 0 Å². The molecule has 2 rings (SSSR count). The molecule has 0 spiro atoms. The topological polar surface area (TPSA) is 26.0 Å². The average Bonchev–Trinajstić information content (AvgIpc) is 2.32. The van der Waals surface area contributed by atoms with Gasteiger partial charge in [-0.15, -0.1) is 0 Å². The summed E-state index contributed by atoms with van der Waals surface area (Å²) in [6.07, 6.45) is 5.12. The average molecular weight is 231 g/mol. The maximum atomic E-state index is 6.10. The van der Waals surface area contributed by atoms with Crippen molar-refractivity contribution in [2.45, 2.75) is 51.9 Å². The molecule has 1 saturated carbocycles. The molecule has 17 heavy (non-hydrogen) atoms. The lowest BCUT2D eigenvalue weighted by molar-refractivity contribution is 0.0179. The molecule has 1 aromatic carbocycles. The summed E-state index contributed by atoms with van der Waals surface area (Å²) >= 11 is 0. The van der Waals surface area contributed by atoms with Gasteiger partial charge in [0.2, 0.25) is 0 Å². The summed E-state index contributed by atoms with van der Waals surface area (Å²) in [4.78, 5) is 0. The fourth-order valence-corrected chi connectivity index (χ4v) is 3.75. The molecule has 1 heteroatoms. The van der Waals surface area contributed by atoms with Crippen molar-refractivity contribution in [3.05, 3.63) is 35.4 Å². The van der Waals surface area contributed by atoms with E-state index in [9.17, 15) is 0 Å². The number of benzene rings is 1. The molecule has 94 valence electrons. The summed E-state index contributed by atoms with van der Waals surface area (Å²) in [5, 5.41) is 0. The maximum Gasteiger partial charge on any atom is 0.00887 e. The largest absolute Gasteiger partial charge is 0.330 e.